The van der Waals surface area contributed by atoms with Gasteiger partial charge in [-0.2, -0.15) is 0 Å². The van der Waals surface area contributed by atoms with E-state index in [4.69, 9.17) is 4.52 Å². The van der Waals surface area contributed by atoms with Gasteiger partial charge in [0.25, 0.3) is 0 Å². The summed E-state index contributed by atoms with van der Waals surface area (Å²) in [5, 5.41) is 6.80. The molecule has 5 nitrogen and oxygen atoms in total. The van der Waals surface area contributed by atoms with Gasteiger partial charge in [0.15, 0.2) is 5.76 Å². The summed E-state index contributed by atoms with van der Waals surface area (Å²) < 4.78 is 5.12. The van der Waals surface area contributed by atoms with Crippen LogP contribution < -0.4 is 5.32 Å². The fourth-order valence-corrected chi connectivity index (χ4v) is 2.87. The van der Waals surface area contributed by atoms with Crippen LogP contribution in [0.4, 0.5) is 0 Å². The molecular weight excluding hydrogens is 254 g/mol. The Morgan fingerprint density at radius 3 is 2.65 bits per heavy atom. The van der Waals surface area contributed by atoms with Gasteiger partial charge >= 0.3 is 0 Å². The number of piperidine rings is 1. The minimum absolute atomic E-state index is 0.0423. The maximum atomic E-state index is 12.4. The lowest BCUT2D eigenvalue weighted by Gasteiger charge is -2.35. The van der Waals surface area contributed by atoms with Crippen LogP contribution in [0.25, 0.3) is 0 Å². The summed E-state index contributed by atoms with van der Waals surface area (Å²) in [5.41, 5.74) is 0.839. The van der Waals surface area contributed by atoms with Crippen LogP contribution in [0.1, 0.15) is 44.6 Å². The second-order valence-electron chi connectivity index (χ2n) is 5.94. The van der Waals surface area contributed by atoms with Crippen molar-refractivity contribution in [1.82, 2.24) is 15.4 Å². The molecule has 0 bridgehead atoms. The zero-order chi connectivity index (χ0) is 14.5. The first kappa shape index (κ1) is 15.0. The molecule has 1 fully saturated rings. The second kappa shape index (κ2) is 6.88. The number of nitrogens with one attached hydrogen (secondary N) is 1. The van der Waals surface area contributed by atoms with Gasteiger partial charge < -0.3 is 9.84 Å². The number of amides is 1. The molecule has 1 amide bonds. The quantitative estimate of drug-likeness (QED) is 0.897. The Hall–Kier alpha value is -1.36. The molecular formula is C15H25N3O2. The van der Waals surface area contributed by atoms with E-state index in [0.717, 1.165) is 18.8 Å². The zero-order valence-corrected chi connectivity index (χ0v) is 12.7. The molecule has 5 heteroatoms. The molecule has 112 valence electrons. The number of hydrogen-bond acceptors (Lipinski definition) is 4. The van der Waals surface area contributed by atoms with E-state index in [2.05, 4.69) is 29.2 Å². The molecule has 20 heavy (non-hydrogen) atoms. The average Bonchev–Trinajstić information content (AvgIpc) is 2.83. The van der Waals surface area contributed by atoms with Crippen molar-refractivity contribution in [3.63, 3.8) is 0 Å². The molecule has 1 saturated heterocycles. The van der Waals surface area contributed by atoms with E-state index in [1.165, 1.54) is 19.3 Å². The van der Waals surface area contributed by atoms with Crippen LogP contribution in [-0.4, -0.2) is 35.1 Å². The maximum absolute atomic E-state index is 12.4. The van der Waals surface area contributed by atoms with Crippen LogP contribution in [0.2, 0.25) is 0 Å². The number of nitrogens with zero attached hydrogens (tertiary/aromatic N) is 2. The van der Waals surface area contributed by atoms with Gasteiger partial charge in [-0.3, -0.25) is 9.69 Å². The largest absolute Gasteiger partial charge is 0.359 e. The number of aromatic nitrogens is 1. The molecule has 0 aliphatic carbocycles. The fraction of sp³-hybridized carbons (Fsp3) is 0.733. The minimum atomic E-state index is -0.0423. The molecule has 2 heterocycles. The molecule has 0 spiro atoms. The first-order valence-corrected chi connectivity index (χ1v) is 7.52. The summed E-state index contributed by atoms with van der Waals surface area (Å²) >= 11 is 0. The first-order chi connectivity index (χ1) is 9.58. The van der Waals surface area contributed by atoms with Gasteiger partial charge in [0.05, 0.1) is 18.3 Å². The molecule has 2 rings (SSSR count). The molecule has 1 aliphatic rings. The Balaban J connectivity index is 1.92. The molecule has 1 aliphatic heterocycles. The Kier molecular flexibility index (Phi) is 5.17. The molecule has 1 N–H and O–H groups in total. The fourth-order valence-electron chi connectivity index (χ4n) is 2.87. The van der Waals surface area contributed by atoms with Crippen molar-refractivity contribution in [2.24, 2.45) is 5.92 Å². The summed E-state index contributed by atoms with van der Waals surface area (Å²) in [6, 6.07) is 1.81. The Bertz CT molecular complexity index is 436. The van der Waals surface area contributed by atoms with Gasteiger partial charge in [-0.1, -0.05) is 25.4 Å². The zero-order valence-electron chi connectivity index (χ0n) is 12.7. The Labute approximate surface area is 120 Å². The van der Waals surface area contributed by atoms with Gasteiger partial charge in [-0.25, -0.2) is 0 Å². The lowest BCUT2D eigenvalue weighted by Crippen LogP contribution is -2.51. The number of aryl methyl sites for hydroxylation is 1. The molecule has 1 aromatic rings. The number of likely N-dealkylation sites (tertiary alicyclic amines) is 1. The third-order valence-corrected chi connectivity index (χ3v) is 3.80. The molecule has 0 aromatic carbocycles. The highest BCUT2D eigenvalue weighted by atomic mass is 16.5. The van der Waals surface area contributed by atoms with E-state index in [-0.39, 0.29) is 11.9 Å². The number of rotatable bonds is 5. The number of hydrogen-bond donors (Lipinski definition) is 1. The van der Waals surface area contributed by atoms with E-state index in [1.807, 2.05) is 13.0 Å². The predicted molar refractivity (Wildman–Crippen MR) is 77.1 cm³/mol. The van der Waals surface area contributed by atoms with Crippen molar-refractivity contribution in [2.75, 3.05) is 13.1 Å². The molecule has 0 saturated carbocycles. The topological polar surface area (TPSA) is 58.4 Å². The third-order valence-electron chi connectivity index (χ3n) is 3.80. The van der Waals surface area contributed by atoms with Crippen molar-refractivity contribution in [1.29, 1.82) is 0 Å². The smallest absolute Gasteiger partial charge is 0.238 e. The van der Waals surface area contributed by atoms with Crippen molar-refractivity contribution < 1.29 is 9.32 Å². The first-order valence-electron chi connectivity index (χ1n) is 7.52. The summed E-state index contributed by atoms with van der Waals surface area (Å²) in [7, 11) is 0. The van der Waals surface area contributed by atoms with E-state index in [0.29, 0.717) is 18.2 Å². The molecule has 0 radical (unpaired) electrons. The van der Waals surface area contributed by atoms with E-state index < -0.39 is 0 Å². The number of carbonyl (C=O) groups is 1. The standard InChI is InChI=1S/C15H25N3O2/c1-11(2)14(18-7-5-4-6-8-18)15(19)16-10-13-9-12(3)17-20-13/h9,11,14H,4-8,10H2,1-3H3,(H,16,19)/t14-/m0/s1. The van der Waals surface area contributed by atoms with Gasteiger partial charge in [-0.15, -0.1) is 0 Å². The van der Waals surface area contributed by atoms with Crippen LogP contribution in [0.5, 0.6) is 0 Å². The summed E-state index contributed by atoms with van der Waals surface area (Å²) in [4.78, 5) is 14.8. The Morgan fingerprint density at radius 1 is 1.40 bits per heavy atom. The van der Waals surface area contributed by atoms with Gasteiger partial charge in [0, 0.05) is 6.07 Å². The monoisotopic (exact) mass is 279 g/mol. The van der Waals surface area contributed by atoms with Crippen LogP contribution in [0.3, 0.4) is 0 Å². The normalized spacial score (nSPS) is 18.2. The maximum Gasteiger partial charge on any atom is 0.238 e. The van der Waals surface area contributed by atoms with Crippen molar-refractivity contribution in [3.8, 4) is 0 Å². The SMILES string of the molecule is Cc1cc(CNC(=O)[C@H](C(C)C)N2CCCCC2)on1. The van der Waals surface area contributed by atoms with Crippen LogP contribution in [0.15, 0.2) is 10.6 Å². The summed E-state index contributed by atoms with van der Waals surface area (Å²) in [5.74, 6) is 1.11. The van der Waals surface area contributed by atoms with Crippen molar-refractivity contribution in [2.45, 2.75) is 52.6 Å². The van der Waals surface area contributed by atoms with Crippen LogP contribution in [-0.2, 0) is 11.3 Å². The van der Waals surface area contributed by atoms with E-state index in [9.17, 15) is 4.79 Å². The molecule has 1 atom stereocenters. The lowest BCUT2D eigenvalue weighted by molar-refractivity contribution is -0.128. The molecule has 0 unspecified atom stereocenters. The molecule has 1 aromatic heterocycles. The van der Waals surface area contributed by atoms with E-state index in [1.54, 1.807) is 0 Å². The van der Waals surface area contributed by atoms with Crippen molar-refractivity contribution >= 4 is 5.91 Å². The average molecular weight is 279 g/mol. The third kappa shape index (κ3) is 3.82. The van der Waals surface area contributed by atoms with Gasteiger partial charge in [0.2, 0.25) is 5.91 Å². The summed E-state index contributed by atoms with van der Waals surface area (Å²) in [6.07, 6.45) is 3.66. The lowest BCUT2D eigenvalue weighted by atomic mass is 9.98. The summed E-state index contributed by atoms with van der Waals surface area (Å²) in [6.45, 7) is 8.56. The van der Waals surface area contributed by atoms with Crippen LogP contribution in [0, 0.1) is 12.8 Å². The highest BCUT2D eigenvalue weighted by Crippen LogP contribution is 2.18. The van der Waals surface area contributed by atoms with Crippen LogP contribution >= 0.6 is 0 Å². The van der Waals surface area contributed by atoms with Gasteiger partial charge in [0.1, 0.15) is 0 Å². The second-order valence-corrected chi connectivity index (χ2v) is 5.94. The highest BCUT2D eigenvalue weighted by Gasteiger charge is 2.29. The number of carbonyl (C=O) groups excluding carboxylic acids is 1. The van der Waals surface area contributed by atoms with Crippen molar-refractivity contribution in [3.05, 3.63) is 17.5 Å². The van der Waals surface area contributed by atoms with E-state index >= 15 is 0 Å². The van der Waals surface area contributed by atoms with Gasteiger partial charge in [-0.05, 0) is 38.8 Å². The predicted octanol–water partition coefficient (Wildman–Crippen LogP) is 2.11. The minimum Gasteiger partial charge on any atom is -0.359 e. The highest BCUT2D eigenvalue weighted by molar-refractivity contribution is 5.82. The Morgan fingerprint density at radius 2 is 2.10 bits per heavy atom.